The number of nitrogen functional groups attached to an aromatic ring is 1. The molecule has 1 aliphatic heterocycles. The zero-order valence-corrected chi connectivity index (χ0v) is 23.1. The average molecular weight is 525 g/mol. The van der Waals surface area contributed by atoms with Crippen molar-refractivity contribution in [3.05, 3.63) is 30.5 Å². The number of hydrogen-bond donors (Lipinski definition) is 1. The van der Waals surface area contributed by atoms with Crippen LogP contribution in [0.3, 0.4) is 0 Å². The van der Waals surface area contributed by atoms with Gasteiger partial charge in [-0.15, -0.1) is 0 Å². The average Bonchev–Trinajstić information content (AvgIpc) is 2.95. The fourth-order valence-corrected chi connectivity index (χ4v) is 5.96. The summed E-state index contributed by atoms with van der Waals surface area (Å²) in [5.74, 6) is 1.20. The van der Waals surface area contributed by atoms with Crippen LogP contribution in [0.25, 0.3) is 10.8 Å². The molecule has 1 aromatic carbocycles. The molecule has 8 nitrogen and oxygen atoms in total. The summed E-state index contributed by atoms with van der Waals surface area (Å²) < 4.78 is 11.5. The van der Waals surface area contributed by atoms with Gasteiger partial charge in [0, 0.05) is 36.6 Å². The molecular formula is C30H44N4O4. The van der Waals surface area contributed by atoms with E-state index >= 15 is 0 Å². The molecule has 2 atom stereocenters. The number of carbonyl (C=O) groups is 2. The van der Waals surface area contributed by atoms with Crippen molar-refractivity contribution < 1.29 is 19.1 Å². The Kier molecular flexibility index (Phi) is 10.2. The van der Waals surface area contributed by atoms with Gasteiger partial charge >= 0.3 is 5.97 Å². The van der Waals surface area contributed by atoms with E-state index in [0.29, 0.717) is 19.0 Å². The normalized spacial score (nSPS) is 19.4. The van der Waals surface area contributed by atoms with Crippen LogP contribution in [-0.2, 0) is 14.3 Å². The quantitative estimate of drug-likeness (QED) is 0.416. The highest BCUT2D eigenvalue weighted by Gasteiger charge is 2.36. The number of rotatable bonds is 11. The van der Waals surface area contributed by atoms with E-state index in [4.69, 9.17) is 15.2 Å². The van der Waals surface area contributed by atoms with Gasteiger partial charge in [0.1, 0.15) is 11.6 Å². The van der Waals surface area contributed by atoms with Gasteiger partial charge < -0.3 is 20.1 Å². The van der Waals surface area contributed by atoms with Gasteiger partial charge in [0.05, 0.1) is 25.8 Å². The molecule has 208 valence electrons. The van der Waals surface area contributed by atoms with Gasteiger partial charge in [-0.3, -0.25) is 14.5 Å². The molecule has 2 fully saturated rings. The number of likely N-dealkylation sites (tertiary alicyclic amines) is 1. The van der Waals surface area contributed by atoms with E-state index in [9.17, 15) is 9.59 Å². The molecule has 2 N–H and O–H groups in total. The second-order valence-corrected chi connectivity index (χ2v) is 10.8. The summed E-state index contributed by atoms with van der Waals surface area (Å²) in [4.78, 5) is 34.8. The third kappa shape index (κ3) is 7.16. The Bertz CT molecular complexity index is 1070. The van der Waals surface area contributed by atoms with E-state index in [1.54, 1.807) is 6.20 Å². The van der Waals surface area contributed by atoms with Gasteiger partial charge in [0.25, 0.3) is 0 Å². The molecular weight excluding hydrogens is 480 g/mol. The van der Waals surface area contributed by atoms with Crippen molar-refractivity contribution in [2.24, 2.45) is 0 Å². The number of ether oxygens (including phenoxy) is 2. The molecule has 2 aliphatic rings. The second-order valence-electron chi connectivity index (χ2n) is 10.8. The number of hydrogen-bond acceptors (Lipinski definition) is 7. The molecule has 0 spiro atoms. The van der Waals surface area contributed by atoms with E-state index in [0.717, 1.165) is 80.9 Å². The molecule has 1 saturated carbocycles. The summed E-state index contributed by atoms with van der Waals surface area (Å²) in [6.07, 6.45) is 12.0. The topological polar surface area (TPSA) is 98.0 Å². The van der Waals surface area contributed by atoms with Crippen molar-refractivity contribution in [3.8, 4) is 5.75 Å². The number of esters is 1. The molecule has 2 aromatic rings. The fraction of sp³-hybridized carbons (Fsp3) is 0.633. The zero-order valence-electron chi connectivity index (χ0n) is 23.1. The summed E-state index contributed by atoms with van der Waals surface area (Å²) in [5.41, 5.74) is 5.97. The number of aromatic nitrogens is 1. The standard InChI is InChI=1S/C30H44N4O4/c1-3-18-38-28(35)21-34(24-9-5-4-6-10-24)22(2)30(36)33-17-8-7-11-25(33)15-19-37-26-12-13-27-23(20-26)14-16-32-29(27)31/h12-14,16,20,22,24-25H,3-11,15,17-19,21H2,1-2H3,(H2,31,32)/t22-,25?/m0/s1. The number of fused-ring (bicyclic) bond motifs is 1. The molecule has 2 heterocycles. The monoisotopic (exact) mass is 524 g/mol. The Balaban J connectivity index is 1.39. The van der Waals surface area contributed by atoms with Gasteiger partial charge in [-0.25, -0.2) is 4.98 Å². The number of piperidine rings is 1. The van der Waals surface area contributed by atoms with Crippen molar-refractivity contribution in [2.45, 2.75) is 96.2 Å². The lowest BCUT2D eigenvalue weighted by Crippen LogP contribution is -2.56. The number of amides is 1. The zero-order chi connectivity index (χ0) is 26.9. The maximum Gasteiger partial charge on any atom is 0.320 e. The Morgan fingerprint density at radius 1 is 1.11 bits per heavy atom. The predicted octanol–water partition coefficient (Wildman–Crippen LogP) is 4.94. The number of benzene rings is 1. The minimum absolute atomic E-state index is 0.122. The Morgan fingerprint density at radius 3 is 2.68 bits per heavy atom. The molecule has 1 unspecified atom stereocenters. The first-order valence-electron chi connectivity index (χ1n) is 14.5. The maximum absolute atomic E-state index is 13.9. The van der Waals surface area contributed by atoms with Crippen molar-refractivity contribution >= 4 is 28.5 Å². The highest BCUT2D eigenvalue weighted by atomic mass is 16.5. The van der Waals surface area contributed by atoms with E-state index in [1.165, 1.54) is 6.42 Å². The van der Waals surface area contributed by atoms with E-state index < -0.39 is 0 Å². The van der Waals surface area contributed by atoms with Crippen molar-refractivity contribution in [2.75, 3.05) is 32.0 Å². The van der Waals surface area contributed by atoms with Crippen molar-refractivity contribution in [1.82, 2.24) is 14.8 Å². The molecule has 1 aliphatic carbocycles. The van der Waals surface area contributed by atoms with E-state index in [-0.39, 0.29) is 36.5 Å². The lowest BCUT2D eigenvalue weighted by atomic mass is 9.92. The number of carbonyl (C=O) groups excluding carboxylic acids is 2. The summed E-state index contributed by atoms with van der Waals surface area (Å²) in [7, 11) is 0. The lowest BCUT2D eigenvalue weighted by Gasteiger charge is -2.42. The van der Waals surface area contributed by atoms with Crippen LogP contribution in [0, 0.1) is 0 Å². The molecule has 4 rings (SSSR count). The van der Waals surface area contributed by atoms with Crippen LogP contribution < -0.4 is 10.5 Å². The molecule has 1 amide bonds. The highest BCUT2D eigenvalue weighted by Crippen LogP contribution is 2.28. The second kappa shape index (κ2) is 13.8. The SMILES string of the molecule is CCCOC(=O)CN(C1CCCCC1)[C@@H](C)C(=O)N1CCCCC1CCOc1ccc2c(N)nccc2c1. The lowest BCUT2D eigenvalue weighted by molar-refractivity contribution is -0.150. The Labute approximate surface area is 226 Å². The minimum Gasteiger partial charge on any atom is -0.493 e. The fourth-order valence-electron chi connectivity index (χ4n) is 5.96. The summed E-state index contributed by atoms with van der Waals surface area (Å²) in [5, 5.41) is 1.91. The van der Waals surface area contributed by atoms with Crippen LogP contribution in [0.2, 0.25) is 0 Å². The van der Waals surface area contributed by atoms with Crippen LogP contribution in [-0.4, -0.2) is 71.1 Å². The first-order valence-corrected chi connectivity index (χ1v) is 14.5. The smallest absolute Gasteiger partial charge is 0.320 e. The van der Waals surface area contributed by atoms with Crippen LogP contribution in [0.5, 0.6) is 5.75 Å². The first-order chi connectivity index (χ1) is 18.5. The molecule has 0 bridgehead atoms. The van der Waals surface area contributed by atoms with Crippen molar-refractivity contribution in [1.29, 1.82) is 0 Å². The maximum atomic E-state index is 13.9. The largest absolute Gasteiger partial charge is 0.493 e. The third-order valence-corrected chi connectivity index (χ3v) is 8.07. The summed E-state index contributed by atoms with van der Waals surface area (Å²) in [6, 6.07) is 7.81. The van der Waals surface area contributed by atoms with Gasteiger partial charge in [-0.05, 0) is 75.1 Å². The van der Waals surface area contributed by atoms with Gasteiger partial charge in [0.2, 0.25) is 5.91 Å². The van der Waals surface area contributed by atoms with Gasteiger partial charge in [-0.2, -0.15) is 0 Å². The Hall–Kier alpha value is -2.87. The van der Waals surface area contributed by atoms with Crippen LogP contribution in [0.4, 0.5) is 5.82 Å². The number of pyridine rings is 1. The molecule has 0 radical (unpaired) electrons. The van der Waals surface area contributed by atoms with E-state index in [1.807, 2.05) is 38.1 Å². The number of anilines is 1. The van der Waals surface area contributed by atoms with Crippen molar-refractivity contribution in [3.63, 3.8) is 0 Å². The minimum atomic E-state index is -0.353. The van der Waals surface area contributed by atoms with Gasteiger partial charge in [0.15, 0.2) is 0 Å². The molecule has 38 heavy (non-hydrogen) atoms. The highest BCUT2D eigenvalue weighted by molar-refractivity contribution is 5.91. The molecule has 1 saturated heterocycles. The number of nitrogens with two attached hydrogens (primary N) is 1. The predicted molar refractivity (Wildman–Crippen MR) is 150 cm³/mol. The summed E-state index contributed by atoms with van der Waals surface area (Å²) >= 11 is 0. The van der Waals surface area contributed by atoms with Crippen LogP contribution >= 0.6 is 0 Å². The van der Waals surface area contributed by atoms with Crippen LogP contribution in [0.1, 0.15) is 78.1 Å². The molecule has 8 heteroatoms. The third-order valence-electron chi connectivity index (χ3n) is 8.07. The van der Waals surface area contributed by atoms with Gasteiger partial charge in [-0.1, -0.05) is 26.2 Å². The van der Waals surface area contributed by atoms with E-state index in [2.05, 4.69) is 14.8 Å². The molecule has 1 aromatic heterocycles. The van der Waals surface area contributed by atoms with Crippen LogP contribution in [0.15, 0.2) is 30.5 Å². The number of nitrogens with zero attached hydrogens (tertiary/aromatic N) is 3. The first kappa shape index (κ1) is 28.1. The summed E-state index contributed by atoms with van der Waals surface area (Å²) in [6.45, 7) is 5.86. The Morgan fingerprint density at radius 2 is 1.89 bits per heavy atom.